The molecule has 0 amide bonds. The van der Waals surface area contributed by atoms with E-state index in [0.717, 1.165) is 48.5 Å². The molecular formula is C76H70N4. The molecular weight excluding hydrogens is 969 g/mol. The van der Waals surface area contributed by atoms with Gasteiger partial charge >= 0.3 is 0 Å². The summed E-state index contributed by atoms with van der Waals surface area (Å²) >= 11 is 0. The van der Waals surface area contributed by atoms with Crippen LogP contribution in [0.3, 0.4) is 0 Å². The number of nitrogens with zero attached hydrogens (tertiary/aromatic N) is 2. The second kappa shape index (κ2) is 15.7. The Kier molecular flexibility index (Phi) is 8.68. The smallest absolute Gasteiger partial charge is 0.0737 e. The number of aromatic nitrogens is 4. The molecule has 5 heterocycles. The molecule has 14 aliphatic rings. The number of hydrogen-bond acceptors (Lipinski definition) is 2. The summed E-state index contributed by atoms with van der Waals surface area (Å²) in [4.78, 5) is 21.3. The molecule has 2 N–H and O–H groups in total. The fourth-order valence-electron chi connectivity index (χ4n) is 21.8. The lowest BCUT2D eigenvalue weighted by Gasteiger charge is -2.28. The van der Waals surface area contributed by atoms with Crippen molar-refractivity contribution in [2.75, 3.05) is 0 Å². The van der Waals surface area contributed by atoms with Crippen molar-refractivity contribution in [2.45, 2.75) is 201 Å². The lowest BCUT2D eigenvalue weighted by molar-refractivity contribution is 0.692. The first-order valence-corrected chi connectivity index (χ1v) is 32.5. The van der Waals surface area contributed by atoms with Crippen molar-refractivity contribution in [3.8, 4) is 44.5 Å². The topological polar surface area (TPSA) is 57.4 Å². The molecule has 7 aromatic rings. The van der Waals surface area contributed by atoms with Crippen LogP contribution in [0.1, 0.15) is 262 Å². The van der Waals surface area contributed by atoms with Gasteiger partial charge in [0.05, 0.1) is 22.8 Å². The predicted molar refractivity (Wildman–Crippen MR) is 326 cm³/mol. The van der Waals surface area contributed by atoms with E-state index in [1.165, 1.54) is 184 Å². The number of fused-ring (bicyclic) bond motifs is 32. The minimum absolute atomic E-state index is 0.631. The number of nitrogens with one attached hydrogen (secondary N) is 2. The molecule has 8 atom stereocenters. The lowest BCUT2D eigenvalue weighted by atomic mass is 9.77. The summed E-state index contributed by atoms with van der Waals surface area (Å²) in [7, 11) is 0. The van der Waals surface area contributed by atoms with E-state index in [2.05, 4.69) is 82.8 Å². The molecule has 4 nitrogen and oxygen atoms in total. The Labute approximate surface area is 470 Å². The van der Waals surface area contributed by atoms with Crippen LogP contribution in [0.5, 0.6) is 0 Å². The Bertz CT molecular complexity index is 3900. The number of H-pyrrole nitrogens is 2. The summed E-state index contributed by atoms with van der Waals surface area (Å²) in [5.74, 6) is 5.31. The molecule has 394 valence electrons. The van der Waals surface area contributed by atoms with Gasteiger partial charge in [-0.05, 0) is 361 Å². The average molecular weight is 1040 g/mol. The van der Waals surface area contributed by atoms with Gasteiger partial charge in [0.25, 0.3) is 0 Å². The van der Waals surface area contributed by atoms with Crippen LogP contribution in [0.25, 0.3) is 90.9 Å². The molecule has 0 radical (unpaired) electrons. The predicted octanol–water partition coefficient (Wildman–Crippen LogP) is 18.7. The summed E-state index contributed by atoms with van der Waals surface area (Å²) in [6.45, 7) is 0. The Balaban J connectivity index is 0.951. The number of aryl methyl sites for hydroxylation is 4. The monoisotopic (exact) mass is 1040 g/mol. The second-order valence-electron chi connectivity index (χ2n) is 28.3. The Morgan fingerprint density at radius 2 is 0.562 bits per heavy atom. The molecule has 21 rings (SSSR count). The van der Waals surface area contributed by atoms with Crippen LogP contribution < -0.4 is 0 Å². The molecule has 0 spiro atoms. The van der Waals surface area contributed by atoms with Crippen molar-refractivity contribution in [1.82, 2.24) is 19.9 Å². The fourth-order valence-corrected chi connectivity index (χ4v) is 21.8. The summed E-state index contributed by atoms with van der Waals surface area (Å²) in [5.41, 5.74) is 47.4. The molecule has 16 bridgehead atoms. The first-order valence-electron chi connectivity index (χ1n) is 32.5. The molecule has 4 aromatic carbocycles. The normalized spacial score (nSPS) is 27.2. The summed E-state index contributed by atoms with van der Waals surface area (Å²) in [6.07, 6.45) is 40.2. The Morgan fingerprint density at radius 1 is 0.287 bits per heavy atom. The average Bonchev–Trinajstić information content (AvgIpc) is 4.28. The Hall–Kier alpha value is -6.52. The van der Waals surface area contributed by atoms with Gasteiger partial charge in [0.2, 0.25) is 0 Å². The van der Waals surface area contributed by atoms with Gasteiger partial charge in [0.15, 0.2) is 0 Å². The second-order valence-corrected chi connectivity index (χ2v) is 28.3. The Morgan fingerprint density at radius 3 is 0.863 bits per heavy atom. The van der Waals surface area contributed by atoms with E-state index in [0.29, 0.717) is 47.3 Å². The van der Waals surface area contributed by atoms with Gasteiger partial charge in [-0.2, -0.15) is 0 Å². The third-order valence-corrected chi connectivity index (χ3v) is 24.8. The third-order valence-electron chi connectivity index (χ3n) is 24.8. The van der Waals surface area contributed by atoms with E-state index >= 15 is 0 Å². The standard InChI is InChI=1S/C76H70N4/c1-5-37-29-38-6-2-10-50(38)69(49(37)9-1)71-57-21-25-61(77-57)73(75-65-45-17-13-41(31-45)53(65)35-54-42-14-18-46(32-42)66(54)75)63-27-23-59(79-63)72(70-51-11-3-7-39(51)30-40-8-4-12-52(40)70)60-24-28-64(80-60)74(62-26-22-58(71)78-62)76-67-47-19-15-43(33-47)55(67)36-56-44-16-20-48(34-44)68(56)76/h21-30,35-36,41-48,77,80H,1-20,31-34H2/t41-,42-,43-,44-,45+,46+,47+,48+/m1/s1. The summed E-state index contributed by atoms with van der Waals surface area (Å²) in [6, 6.07) is 20.8. The first-order chi connectivity index (χ1) is 39.6. The third kappa shape index (κ3) is 5.70. The highest BCUT2D eigenvalue weighted by molar-refractivity contribution is 6.03. The van der Waals surface area contributed by atoms with E-state index in [1.807, 2.05) is 0 Å². The van der Waals surface area contributed by atoms with Crippen LogP contribution in [-0.2, 0) is 51.4 Å². The van der Waals surface area contributed by atoms with Crippen molar-refractivity contribution in [1.29, 1.82) is 0 Å². The van der Waals surface area contributed by atoms with Crippen LogP contribution in [0, 0.1) is 0 Å². The zero-order valence-corrected chi connectivity index (χ0v) is 46.4. The largest absolute Gasteiger partial charge is 0.354 e. The summed E-state index contributed by atoms with van der Waals surface area (Å²) < 4.78 is 0. The van der Waals surface area contributed by atoms with Gasteiger partial charge in [0.1, 0.15) is 0 Å². The molecule has 3 aromatic heterocycles. The fraction of sp³-hybridized carbons (Fsp3) is 0.421. The van der Waals surface area contributed by atoms with E-state index in [9.17, 15) is 0 Å². The van der Waals surface area contributed by atoms with Crippen LogP contribution >= 0.6 is 0 Å². The molecule has 4 heteroatoms. The zero-order chi connectivity index (χ0) is 51.4. The SMILES string of the molecule is C1=Cc2nc1c(-c1c3c(cc4c1CCC4)CCC3)c1ccc([nH]1)c(-c1c3c(cc4c1[C@H]1CC[C@@H]4C1)[C@@H]1CC[C@H]3C1)c1nc(c(-c3c4c(cc5c3CCC5)CCC4)c3ccc([nH]3)c2-c2c3c(cc4c2[C@H]2CC[C@@H]4C2)[C@@H]2CC[C@H]3C2)C=C1. The van der Waals surface area contributed by atoms with Crippen LogP contribution in [0.15, 0.2) is 48.5 Å². The highest BCUT2D eigenvalue weighted by atomic mass is 14.8. The maximum Gasteiger partial charge on any atom is 0.0737 e. The van der Waals surface area contributed by atoms with Crippen molar-refractivity contribution >= 4 is 46.4 Å². The van der Waals surface area contributed by atoms with E-state index in [1.54, 1.807) is 100 Å². The molecule has 4 fully saturated rings. The van der Waals surface area contributed by atoms with Crippen LogP contribution in [0.2, 0.25) is 0 Å². The number of benzene rings is 4. The maximum absolute atomic E-state index is 6.22. The maximum atomic E-state index is 6.22. The minimum Gasteiger partial charge on any atom is -0.354 e. The number of rotatable bonds is 4. The van der Waals surface area contributed by atoms with Crippen molar-refractivity contribution in [3.05, 3.63) is 160 Å². The summed E-state index contributed by atoms with van der Waals surface area (Å²) in [5, 5.41) is 0. The van der Waals surface area contributed by atoms with Gasteiger partial charge in [-0.25, -0.2) is 9.97 Å². The lowest BCUT2D eigenvalue weighted by Crippen LogP contribution is -2.09. The number of aromatic amines is 2. The van der Waals surface area contributed by atoms with Crippen LogP contribution in [-0.4, -0.2) is 19.9 Å². The molecule has 2 aliphatic heterocycles. The first kappa shape index (κ1) is 44.2. The van der Waals surface area contributed by atoms with Gasteiger partial charge in [-0.1, -0.05) is 24.3 Å². The molecule has 80 heavy (non-hydrogen) atoms. The molecule has 12 aliphatic carbocycles. The zero-order valence-electron chi connectivity index (χ0n) is 46.4. The van der Waals surface area contributed by atoms with Gasteiger partial charge in [-0.3, -0.25) is 0 Å². The molecule has 4 saturated carbocycles. The van der Waals surface area contributed by atoms with E-state index < -0.39 is 0 Å². The number of hydrogen-bond donors (Lipinski definition) is 2. The quantitative estimate of drug-likeness (QED) is 0.185. The van der Waals surface area contributed by atoms with E-state index in [-0.39, 0.29) is 0 Å². The van der Waals surface area contributed by atoms with Crippen molar-refractivity contribution in [2.24, 2.45) is 0 Å². The van der Waals surface area contributed by atoms with Gasteiger partial charge in [0, 0.05) is 44.3 Å². The van der Waals surface area contributed by atoms with Crippen LogP contribution in [0.4, 0.5) is 0 Å². The molecule has 0 saturated heterocycles. The highest BCUT2D eigenvalue weighted by Crippen LogP contribution is 2.66. The molecule has 0 unspecified atom stereocenters. The van der Waals surface area contributed by atoms with Crippen molar-refractivity contribution < 1.29 is 0 Å². The highest BCUT2D eigenvalue weighted by Gasteiger charge is 2.49. The van der Waals surface area contributed by atoms with Crippen molar-refractivity contribution in [3.63, 3.8) is 0 Å². The van der Waals surface area contributed by atoms with Gasteiger partial charge < -0.3 is 9.97 Å². The van der Waals surface area contributed by atoms with Gasteiger partial charge in [-0.15, -0.1) is 0 Å². The minimum atomic E-state index is 0.631. The van der Waals surface area contributed by atoms with E-state index in [4.69, 9.17) is 9.97 Å².